The zero-order chi connectivity index (χ0) is 17.9. The van der Waals surface area contributed by atoms with Crippen LogP contribution in [0.1, 0.15) is 27.2 Å². The molecule has 1 amide bonds. The second-order valence-electron chi connectivity index (χ2n) is 6.27. The maximum atomic E-state index is 12.5. The van der Waals surface area contributed by atoms with Crippen LogP contribution in [0.4, 0.5) is 5.82 Å². The first-order valence-electron chi connectivity index (χ1n) is 8.43. The van der Waals surface area contributed by atoms with Crippen LogP contribution in [-0.2, 0) is 19.5 Å². The monoisotopic (exact) mass is 367 g/mol. The molecule has 7 heteroatoms. The normalized spacial score (nSPS) is 13.3. The van der Waals surface area contributed by atoms with Crippen LogP contribution < -0.4 is 10.6 Å². The highest BCUT2D eigenvalue weighted by Crippen LogP contribution is 2.15. The lowest BCUT2D eigenvalue weighted by Gasteiger charge is -2.16. The number of imidazole rings is 1. The van der Waals surface area contributed by atoms with Gasteiger partial charge in [-0.1, -0.05) is 23.7 Å². The summed E-state index contributed by atoms with van der Waals surface area (Å²) in [5, 5.41) is 6.81. The quantitative estimate of drug-likeness (QED) is 0.743. The third-order valence-electron chi connectivity index (χ3n) is 4.34. The fourth-order valence-corrected chi connectivity index (χ4v) is 3.09. The van der Waals surface area contributed by atoms with Gasteiger partial charge in [0.25, 0.3) is 5.91 Å². The van der Waals surface area contributed by atoms with Crippen molar-refractivity contribution >= 4 is 23.3 Å². The molecule has 0 unspecified atom stereocenters. The van der Waals surface area contributed by atoms with E-state index in [-0.39, 0.29) is 5.91 Å². The van der Waals surface area contributed by atoms with Gasteiger partial charge in [0.05, 0.1) is 17.6 Å². The maximum Gasteiger partial charge on any atom is 0.258 e. The molecule has 1 aliphatic heterocycles. The maximum absolute atomic E-state index is 12.5. The Bertz CT molecular complexity index is 935. The van der Waals surface area contributed by atoms with Crippen molar-refractivity contribution in [2.24, 2.45) is 0 Å². The fraction of sp³-hybridized carbons (Fsp3) is 0.211. The van der Waals surface area contributed by atoms with Gasteiger partial charge in [-0.15, -0.1) is 0 Å². The van der Waals surface area contributed by atoms with Crippen LogP contribution in [0.5, 0.6) is 0 Å². The summed E-state index contributed by atoms with van der Waals surface area (Å²) in [4.78, 5) is 21.1. The molecule has 0 fully saturated rings. The lowest BCUT2D eigenvalue weighted by atomic mass is 10.0. The Balaban J connectivity index is 1.43. The van der Waals surface area contributed by atoms with Crippen molar-refractivity contribution in [1.29, 1.82) is 0 Å². The Morgan fingerprint density at radius 1 is 1.27 bits per heavy atom. The molecule has 2 N–H and O–H groups in total. The van der Waals surface area contributed by atoms with E-state index < -0.39 is 0 Å². The number of carbonyl (C=O) groups excluding carboxylic acids is 1. The minimum atomic E-state index is -0.199. The van der Waals surface area contributed by atoms with Gasteiger partial charge in [0.2, 0.25) is 0 Å². The van der Waals surface area contributed by atoms with Gasteiger partial charge in [0.15, 0.2) is 5.82 Å². The molecule has 0 atom stereocenters. The number of hydrogen-bond acceptors (Lipinski definition) is 4. The van der Waals surface area contributed by atoms with Crippen molar-refractivity contribution in [2.45, 2.75) is 19.5 Å². The Labute approximate surface area is 156 Å². The lowest BCUT2D eigenvalue weighted by Crippen LogP contribution is -2.25. The molecule has 0 saturated heterocycles. The second kappa shape index (κ2) is 7.27. The van der Waals surface area contributed by atoms with Crippen LogP contribution in [0.3, 0.4) is 0 Å². The number of benzene rings is 1. The summed E-state index contributed by atoms with van der Waals surface area (Å²) in [6.07, 6.45) is 6.01. The van der Waals surface area contributed by atoms with Crippen molar-refractivity contribution in [3.63, 3.8) is 0 Å². The zero-order valence-electron chi connectivity index (χ0n) is 14.1. The highest BCUT2D eigenvalue weighted by atomic mass is 35.5. The number of hydrogen-bond donors (Lipinski definition) is 2. The molecule has 0 bridgehead atoms. The Morgan fingerprint density at radius 3 is 2.96 bits per heavy atom. The molecule has 1 aliphatic rings. The second-order valence-corrected chi connectivity index (χ2v) is 6.70. The average molecular weight is 368 g/mol. The summed E-state index contributed by atoms with van der Waals surface area (Å²) in [5.74, 6) is 0.318. The van der Waals surface area contributed by atoms with E-state index >= 15 is 0 Å². The molecule has 0 aliphatic carbocycles. The SMILES string of the molecule is O=C(Nc1cn(Cc2ccc(Cl)cc2)cn1)c1cnc2c(c1)CCNC2. The molecule has 2 aromatic heterocycles. The van der Waals surface area contributed by atoms with Gasteiger partial charge in [-0.05, 0) is 42.3 Å². The minimum Gasteiger partial charge on any atom is -0.331 e. The minimum absolute atomic E-state index is 0.199. The third kappa shape index (κ3) is 3.76. The highest BCUT2D eigenvalue weighted by molar-refractivity contribution is 6.30. The summed E-state index contributed by atoms with van der Waals surface area (Å²) in [5.41, 5.74) is 3.81. The molecular formula is C19H18ClN5O. The van der Waals surface area contributed by atoms with Crippen LogP contribution in [0, 0.1) is 0 Å². The number of anilines is 1. The van der Waals surface area contributed by atoms with Crippen molar-refractivity contribution < 1.29 is 4.79 Å². The summed E-state index contributed by atoms with van der Waals surface area (Å²) in [6.45, 7) is 2.33. The van der Waals surface area contributed by atoms with E-state index in [1.165, 1.54) is 0 Å². The first-order valence-corrected chi connectivity index (χ1v) is 8.81. The van der Waals surface area contributed by atoms with E-state index in [1.807, 2.05) is 41.1 Å². The van der Waals surface area contributed by atoms with Crippen LogP contribution in [0.25, 0.3) is 0 Å². The molecule has 3 aromatic rings. The Hall–Kier alpha value is -2.70. The van der Waals surface area contributed by atoms with Crippen molar-refractivity contribution in [3.05, 3.63) is 76.5 Å². The van der Waals surface area contributed by atoms with Crippen LogP contribution in [-0.4, -0.2) is 27.0 Å². The van der Waals surface area contributed by atoms with E-state index in [9.17, 15) is 4.79 Å². The molecule has 3 heterocycles. The summed E-state index contributed by atoms with van der Waals surface area (Å²) in [6, 6.07) is 9.57. The van der Waals surface area contributed by atoms with Gasteiger partial charge >= 0.3 is 0 Å². The molecule has 0 radical (unpaired) electrons. The number of rotatable bonds is 4. The number of nitrogens with zero attached hydrogens (tertiary/aromatic N) is 3. The van der Waals surface area contributed by atoms with Crippen LogP contribution >= 0.6 is 11.6 Å². The van der Waals surface area contributed by atoms with E-state index in [4.69, 9.17) is 11.6 Å². The number of pyridine rings is 1. The summed E-state index contributed by atoms with van der Waals surface area (Å²) < 4.78 is 1.91. The van der Waals surface area contributed by atoms with Gasteiger partial charge < -0.3 is 15.2 Å². The molecule has 1 aromatic carbocycles. The first-order chi connectivity index (χ1) is 12.7. The number of amides is 1. The van der Waals surface area contributed by atoms with Crippen molar-refractivity contribution in [1.82, 2.24) is 19.9 Å². The molecule has 0 saturated carbocycles. The van der Waals surface area contributed by atoms with Gasteiger partial charge in [-0.25, -0.2) is 4.98 Å². The molecule has 4 rings (SSSR count). The van der Waals surface area contributed by atoms with Crippen molar-refractivity contribution in [3.8, 4) is 0 Å². The number of fused-ring (bicyclic) bond motifs is 1. The van der Waals surface area contributed by atoms with E-state index in [2.05, 4.69) is 20.6 Å². The molecular weight excluding hydrogens is 350 g/mol. The first kappa shape index (κ1) is 16.8. The Morgan fingerprint density at radius 2 is 2.12 bits per heavy atom. The third-order valence-corrected chi connectivity index (χ3v) is 4.59. The number of nitrogens with one attached hydrogen (secondary N) is 2. The fourth-order valence-electron chi connectivity index (χ4n) is 2.97. The van der Waals surface area contributed by atoms with Crippen LogP contribution in [0.15, 0.2) is 49.1 Å². The molecule has 6 nitrogen and oxygen atoms in total. The van der Waals surface area contributed by atoms with Gasteiger partial charge in [0.1, 0.15) is 0 Å². The van der Waals surface area contributed by atoms with E-state index in [1.54, 1.807) is 12.5 Å². The number of aromatic nitrogens is 3. The van der Waals surface area contributed by atoms with E-state index in [0.717, 1.165) is 36.3 Å². The smallest absolute Gasteiger partial charge is 0.258 e. The average Bonchev–Trinajstić information content (AvgIpc) is 3.10. The number of carbonyl (C=O) groups is 1. The molecule has 0 spiro atoms. The molecule has 132 valence electrons. The van der Waals surface area contributed by atoms with Gasteiger partial charge in [0, 0.05) is 30.5 Å². The van der Waals surface area contributed by atoms with Crippen molar-refractivity contribution in [2.75, 3.05) is 11.9 Å². The Kier molecular flexibility index (Phi) is 4.69. The molecule has 26 heavy (non-hydrogen) atoms. The summed E-state index contributed by atoms with van der Waals surface area (Å²) >= 11 is 5.90. The van der Waals surface area contributed by atoms with E-state index in [0.29, 0.717) is 22.9 Å². The predicted octanol–water partition coefficient (Wildman–Crippen LogP) is 2.88. The lowest BCUT2D eigenvalue weighted by molar-refractivity contribution is 0.102. The topological polar surface area (TPSA) is 71.8 Å². The predicted molar refractivity (Wildman–Crippen MR) is 100 cm³/mol. The summed E-state index contributed by atoms with van der Waals surface area (Å²) in [7, 11) is 0. The largest absolute Gasteiger partial charge is 0.331 e. The highest BCUT2D eigenvalue weighted by Gasteiger charge is 2.14. The number of halogens is 1. The zero-order valence-corrected chi connectivity index (χ0v) is 14.8. The van der Waals surface area contributed by atoms with Gasteiger partial charge in [-0.3, -0.25) is 9.78 Å². The van der Waals surface area contributed by atoms with Crippen LogP contribution in [0.2, 0.25) is 5.02 Å². The standard InChI is InChI=1S/C19H18ClN5O/c20-16-3-1-13(2-4-16)10-25-11-18(23-12-25)24-19(26)15-7-14-5-6-21-9-17(14)22-8-15/h1-4,7-8,11-12,21H,5-6,9-10H2,(H,24,26). The van der Waals surface area contributed by atoms with Gasteiger partial charge in [-0.2, -0.15) is 0 Å².